The van der Waals surface area contributed by atoms with E-state index in [4.69, 9.17) is 10.5 Å². The Labute approximate surface area is 122 Å². The maximum atomic E-state index is 6.21. The van der Waals surface area contributed by atoms with Gasteiger partial charge in [0.25, 0.3) is 0 Å². The summed E-state index contributed by atoms with van der Waals surface area (Å²) in [5, 5.41) is 1.12. The van der Waals surface area contributed by atoms with Crippen molar-refractivity contribution in [1.29, 1.82) is 0 Å². The molecule has 5 nitrogen and oxygen atoms in total. The average molecular weight is 280 g/mol. The molecule has 106 valence electrons. The Hall–Kier alpha value is -2.53. The van der Waals surface area contributed by atoms with Gasteiger partial charge in [-0.1, -0.05) is 24.3 Å². The number of benzene rings is 1. The summed E-state index contributed by atoms with van der Waals surface area (Å²) in [5.41, 5.74) is 8.87. The minimum absolute atomic E-state index is 0.240. The smallest absolute Gasteiger partial charge is 0.216 e. The average Bonchev–Trinajstić information content (AvgIpc) is 2.54. The minimum atomic E-state index is -0.240. The summed E-state index contributed by atoms with van der Waals surface area (Å²) in [6, 6.07) is 13.6. The highest BCUT2D eigenvalue weighted by atomic mass is 16.5. The van der Waals surface area contributed by atoms with Crippen LogP contribution in [0.15, 0.2) is 48.8 Å². The molecule has 0 fully saturated rings. The molecule has 2 aromatic heterocycles. The van der Waals surface area contributed by atoms with Crippen LogP contribution in [-0.4, -0.2) is 22.1 Å². The van der Waals surface area contributed by atoms with E-state index in [1.54, 1.807) is 13.2 Å². The molecule has 5 heteroatoms. The molecule has 0 aliphatic rings. The molecule has 0 saturated carbocycles. The highest BCUT2D eigenvalue weighted by Crippen LogP contribution is 2.18. The largest absolute Gasteiger partial charge is 0.481 e. The Bertz CT molecular complexity index is 760. The van der Waals surface area contributed by atoms with Crippen molar-refractivity contribution in [3.8, 4) is 5.88 Å². The van der Waals surface area contributed by atoms with Crippen molar-refractivity contribution in [3.05, 3.63) is 60.2 Å². The Morgan fingerprint density at radius 2 is 2.00 bits per heavy atom. The van der Waals surface area contributed by atoms with E-state index in [1.165, 1.54) is 6.33 Å². The van der Waals surface area contributed by atoms with Crippen molar-refractivity contribution >= 4 is 10.9 Å². The van der Waals surface area contributed by atoms with E-state index in [9.17, 15) is 0 Å². The zero-order valence-corrected chi connectivity index (χ0v) is 11.7. The van der Waals surface area contributed by atoms with Crippen LogP contribution < -0.4 is 10.5 Å². The summed E-state index contributed by atoms with van der Waals surface area (Å²) in [6.07, 6.45) is 2.08. The molecular weight excluding hydrogens is 264 g/mol. The standard InChI is InChI=1S/C16H16N4O/c1-21-16-9-15(18-10-19-16)13(17)8-12-7-6-11-4-2-3-5-14(11)20-12/h2-7,9-10,13H,8,17H2,1H3. The van der Waals surface area contributed by atoms with Crippen LogP contribution >= 0.6 is 0 Å². The fourth-order valence-corrected chi connectivity index (χ4v) is 2.22. The fraction of sp³-hybridized carbons (Fsp3) is 0.188. The maximum Gasteiger partial charge on any atom is 0.216 e. The first-order chi connectivity index (χ1) is 10.3. The summed E-state index contributed by atoms with van der Waals surface area (Å²) in [5.74, 6) is 0.516. The number of ether oxygens (including phenoxy) is 1. The van der Waals surface area contributed by atoms with Gasteiger partial charge >= 0.3 is 0 Å². The van der Waals surface area contributed by atoms with E-state index in [0.717, 1.165) is 22.3 Å². The molecule has 0 aliphatic heterocycles. The van der Waals surface area contributed by atoms with E-state index in [1.807, 2.05) is 30.3 Å². The number of nitrogens with zero attached hydrogens (tertiary/aromatic N) is 3. The van der Waals surface area contributed by atoms with E-state index in [-0.39, 0.29) is 6.04 Å². The van der Waals surface area contributed by atoms with Crippen LogP contribution in [0.25, 0.3) is 10.9 Å². The van der Waals surface area contributed by atoms with Gasteiger partial charge in [-0.25, -0.2) is 9.97 Å². The third kappa shape index (κ3) is 2.98. The van der Waals surface area contributed by atoms with E-state index >= 15 is 0 Å². The predicted molar refractivity (Wildman–Crippen MR) is 81.0 cm³/mol. The quantitative estimate of drug-likeness (QED) is 0.793. The van der Waals surface area contributed by atoms with Gasteiger partial charge in [0.15, 0.2) is 0 Å². The molecule has 2 N–H and O–H groups in total. The number of para-hydroxylation sites is 1. The third-order valence-electron chi connectivity index (χ3n) is 3.34. The van der Waals surface area contributed by atoms with Crippen molar-refractivity contribution in [1.82, 2.24) is 15.0 Å². The number of fused-ring (bicyclic) bond motifs is 1. The van der Waals surface area contributed by atoms with Crippen molar-refractivity contribution in [2.45, 2.75) is 12.5 Å². The lowest BCUT2D eigenvalue weighted by Gasteiger charge is -2.11. The van der Waals surface area contributed by atoms with Gasteiger partial charge in [-0.3, -0.25) is 4.98 Å². The molecule has 2 heterocycles. The molecule has 0 aliphatic carbocycles. The molecule has 21 heavy (non-hydrogen) atoms. The van der Waals surface area contributed by atoms with Gasteiger partial charge in [-0.05, 0) is 12.1 Å². The minimum Gasteiger partial charge on any atom is -0.481 e. The molecule has 1 atom stereocenters. The van der Waals surface area contributed by atoms with Gasteiger partial charge in [0, 0.05) is 23.6 Å². The van der Waals surface area contributed by atoms with Gasteiger partial charge in [0.05, 0.1) is 24.4 Å². The van der Waals surface area contributed by atoms with Crippen LogP contribution in [-0.2, 0) is 6.42 Å². The van der Waals surface area contributed by atoms with E-state index in [2.05, 4.69) is 21.0 Å². The Morgan fingerprint density at radius 3 is 2.86 bits per heavy atom. The van der Waals surface area contributed by atoms with Crippen LogP contribution in [0.2, 0.25) is 0 Å². The van der Waals surface area contributed by atoms with Gasteiger partial charge in [0.2, 0.25) is 5.88 Å². The van der Waals surface area contributed by atoms with Gasteiger partial charge in [-0.15, -0.1) is 0 Å². The normalized spacial score (nSPS) is 12.3. The molecule has 0 bridgehead atoms. The number of hydrogen-bond donors (Lipinski definition) is 1. The summed E-state index contributed by atoms with van der Waals surface area (Å²) in [6.45, 7) is 0. The molecule has 0 saturated heterocycles. The SMILES string of the molecule is COc1cc(C(N)Cc2ccc3ccccc3n2)ncn1. The second kappa shape index (κ2) is 5.85. The first-order valence-corrected chi connectivity index (χ1v) is 6.72. The van der Waals surface area contributed by atoms with Crippen LogP contribution in [0.4, 0.5) is 0 Å². The van der Waals surface area contributed by atoms with E-state index in [0.29, 0.717) is 12.3 Å². The van der Waals surface area contributed by atoms with Crippen LogP contribution in [0.3, 0.4) is 0 Å². The van der Waals surface area contributed by atoms with Crippen molar-refractivity contribution in [2.24, 2.45) is 5.73 Å². The zero-order chi connectivity index (χ0) is 14.7. The number of hydrogen-bond acceptors (Lipinski definition) is 5. The highest BCUT2D eigenvalue weighted by molar-refractivity contribution is 5.78. The number of pyridine rings is 1. The lowest BCUT2D eigenvalue weighted by atomic mass is 10.1. The summed E-state index contributed by atoms with van der Waals surface area (Å²) >= 11 is 0. The summed E-state index contributed by atoms with van der Waals surface area (Å²) in [7, 11) is 1.57. The Kier molecular flexibility index (Phi) is 3.75. The molecule has 3 aromatic rings. The van der Waals surface area contributed by atoms with Crippen LogP contribution in [0.1, 0.15) is 17.4 Å². The summed E-state index contributed by atoms with van der Waals surface area (Å²) < 4.78 is 5.09. The van der Waals surface area contributed by atoms with Gasteiger partial charge in [-0.2, -0.15) is 0 Å². The number of rotatable bonds is 4. The molecule has 0 radical (unpaired) electrons. The van der Waals surface area contributed by atoms with Crippen molar-refractivity contribution in [3.63, 3.8) is 0 Å². The highest BCUT2D eigenvalue weighted by Gasteiger charge is 2.11. The van der Waals surface area contributed by atoms with Gasteiger partial charge in [0.1, 0.15) is 6.33 Å². The lowest BCUT2D eigenvalue weighted by molar-refractivity contribution is 0.395. The molecule has 0 spiro atoms. The van der Waals surface area contributed by atoms with E-state index < -0.39 is 0 Å². The first kappa shape index (κ1) is 13.5. The number of nitrogens with two attached hydrogens (primary N) is 1. The third-order valence-corrected chi connectivity index (χ3v) is 3.34. The number of methoxy groups -OCH3 is 1. The van der Waals surface area contributed by atoms with Gasteiger partial charge < -0.3 is 10.5 Å². The molecule has 1 unspecified atom stereocenters. The fourth-order valence-electron chi connectivity index (χ4n) is 2.22. The lowest BCUT2D eigenvalue weighted by Crippen LogP contribution is -2.16. The number of aromatic nitrogens is 3. The second-order valence-corrected chi connectivity index (χ2v) is 4.79. The molecule has 3 rings (SSSR count). The Balaban J connectivity index is 1.83. The summed E-state index contributed by atoms with van der Waals surface area (Å²) in [4.78, 5) is 12.8. The van der Waals surface area contributed by atoms with Crippen LogP contribution in [0, 0.1) is 0 Å². The van der Waals surface area contributed by atoms with Crippen molar-refractivity contribution in [2.75, 3.05) is 7.11 Å². The Morgan fingerprint density at radius 1 is 1.14 bits per heavy atom. The molecule has 1 aromatic carbocycles. The zero-order valence-electron chi connectivity index (χ0n) is 11.7. The predicted octanol–water partition coefficient (Wildman–Crippen LogP) is 2.28. The van der Waals surface area contributed by atoms with Crippen molar-refractivity contribution < 1.29 is 4.74 Å². The second-order valence-electron chi connectivity index (χ2n) is 4.79. The first-order valence-electron chi connectivity index (χ1n) is 6.72. The maximum absolute atomic E-state index is 6.21. The monoisotopic (exact) mass is 280 g/mol. The van der Waals surface area contributed by atoms with Crippen LogP contribution in [0.5, 0.6) is 5.88 Å². The topological polar surface area (TPSA) is 73.9 Å². The molecule has 0 amide bonds. The molecular formula is C16H16N4O.